The van der Waals surface area contributed by atoms with Crippen LogP contribution in [0.3, 0.4) is 0 Å². The summed E-state index contributed by atoms with van der Waals surface area (Å²) < 4.78 is 0.636. The third-order valence-corrected chi connectivity index (χ3v) is 5.79. The fraction of sp³-hybridized carbons (Fsp3) is 0.130. The van der Waals surface area contributed by atoms with Crippen LogP contribution in [-0.4, -0.2) is 21.7 Å². The molecule has 1 aliphatic rings. The normalized spacial score (nSPS) is 17.5. The summed E-state index contributed by atoms with van der Waals surface area (Å²) in [5.74, 6) is -1.33. The Labute approximate surface area is 186 Å². The van der Waals surface area contributed by atoms with Crippen molar-refractivity contribution >= 4 is 39.0 Å². The molecule has 3 aromatic carbocycles. The van der Waals surface area contributed by atoms with Crippen LogP contribution in [-0.2, 0) is 16.9 Å². The maximum atomic E-state index is 13.4. The molecular weight excluding hydrogens is 464 g/mol. The molecule has 0 bridgehead atoms. The molecule has 156 valence electrons. The molecule has 0 saturated carbocycles. The van der Waals surface area contributed by atoms with Crippen molar-refractivity contribution < 1.29 is 19.6 Å². The van der Waals surface area contributed by atoms with E-state index in [2.05, 4.69) is 15.9 Å². The van der Waals surface area contributed by atoms with Crippen molar-refractivity contribution in [1.29, 1.82) is 0 Å². The lowest BCUT2D eigenvalue weighted by Crippen LogP contribution is -2.41. The first kappa shape index (κ1) is 20.9. The highest BCUT2D eigenvalue weighted by molar-refractivity contribution is 9.10. The number of hydrogen-bond acceptors (Lipinski definition) is 5. The Bertz CT molecular complexity index is 1200. The largest absolute Gasteiger partial charge is 0.375 e. The van der Waals surface area contributed by atoms with Gasteiger partial charge in [0.1, 0.15) is 0 Å². The molecule has 1 aliphatic heterocycles. The Hall–Kier alpha value is -3.36. The summed E-state index contributed by atoms with van der Waals surface area (Å²) in [6, 6.07) is 19.9. The van der Waals surface area contributed by atoms with Crippen molar-refractivity contribution in [1.82, 2.24) is 0 Å². The van der Waals surface area contributed by atoms with Crippen LogP contribution in [0.5, 0.6) is 0 Å². The molecule has 1 heterocycles. The lowest BCUT2D eigenvalue weighted by molar-refractivity contribution is -0.385. The lowest BCUT2D eigenvalue weighted by atomic mass is 9.88. The van der Waals surface area contributed by atoms with Crippen molar-refractivity contribution in [2.45, 2.75) is 18.6 Å². The Morgan fingerprint density at radius 1 is 1.06 bits per heavy atom. The fourth-order valence-corrected chi connectivity index (χ4v) is 4.17. The van der Waals surface area contributed by atoms with E-state index in [-0.39, 0.29) is 23.4 Å². The molecular formula is C23H17BrN2O5. The van der Waals surface area contributed by atoms with Gasteiger partial charge in [0.15, 0.2) is 11.4 Å². The standard InChI is InChI=1S/C23H17BrN2O5/c24-16-10-11-20-18(12-16)23(29,22(28)25(20)14-15-6-2-1-3-7-15)13-21(27)17-8-4-5-9-19(17)26(30)31/h1-12,29H,13-14H2. The summed E-state index contributed by atoms with van der Waals surface area (Å²) in [6.45, 7) is 0.219. The first-order valence-corrected chi connectivity index (χ1v) is 10.3. The molecule has 3 aromatic rings. The van der Waals surface area contributed by atoms with E-state index in [1.54, 1.807) is 18.2 Å². The second-order valence-electron chi connectivity index (χ2n) is 7.27. The molecule has 1 unspecified atom stereocenters. The van der Waals surface area contributed by atoms with Crippen LogP contribution in [0.15, 0.2) is 77.3 Å². The summed E-state index contributed by atoms with van der Waals surface area (Å²) in [5, 5.41) is 22.8. The number of carbonyl (C=O) groups is 2. The summed E-state index contributed by atoms with van der Waals surface area (Å²) in [4.78, 5) is 38.4. The van der Waals surface area contributed by atoms with Crippen LogP contribution in [0.2, 0.25) is 0 Å². The van der Waals surface area contributed by atoms with Crippen molar-refractivity contribution in [3.8, 4) is 0 Å². The number of nitro benzene ring substituents is 1. The molecule has 8 heteroatoms. The van der Waals surface area contributed by atoms with E-state index in [9.17, 15) is 24.8 Å². The molecule has 0 aromatic heterocycles. The zero-order valence-electron chi connectivity index (χ0n) is 16.2. The molecule has 1 amide bonds. The zero-order chi connectivity index (χ0) is 22.2. The molecule has 1 atom stereocenters. The Morgan fingerprint density at radius 3 is 2.45 bits per heavy atom. The van der Waals surface area contributed by atoms with Gasteiger partial charge in [0, 0.05) is 16.1 Å². The number of nitrogens with zero attached hydrogens (tertiary/aromatic N) is 2. The maximum absolute atomic E-state index is 13.4. The van der Waals surface area contributed by atoms with Crippen LogP contribution in [0.4, 0.5) is 11.4 Å². The lowest BCUT2D eigenvalue weighted by Gasteiger charge is -2.23. The summed E-state index contributed by atoms with van der Waals surface area (Å²) in [7, 11) is 0. The van der Waals surface area contributed by atoms with Gasteiger partial charge in [0.2, 0.25) is 0 Å². The summed E-state index contributed by atoms with van der Waals surface area (Å²) in [5.41, 5.74) is -0.998. The van der Waals surface area contributed by atoms with E-state index in [4.69, 9.17) is 0 Å². The van der Waals surface area contributed by atoms with Gasteiger partial charge >= 0.3 is 0 Å². The topological polar surface area (TPSA) is 101 Å². The SMILES string of the molecule is O=C(CC1(O)C(=O)N(Cc2ccccc2)c2ccc(Br)cc21)c1ccccc1[N+](=O)[O-]. The Kier molecular flexibility index (Phi) is 5.43. The van der Waals surface area contributed by atoms with Crippen LogP contribution in [0.25, 0.3) is 0 Å². The molecule has 4 rings (SSSR count). The van der Waals surface area contributed by atoms with Crippen LogP contribution >= 0.6 is 15.9 Å². The molecule has 7 nitrogen and oxygen atoms in total. The minimum atomic E-state index is -2.13. The van der Waals surface area contributed by atoms with Crippen LogP contribution in [0.1, 0.15) is 27.9 Å². The Balaban J connectivity index is 1.74. The van der Waals surface area contributed by atoms with Gasteiger partial charge in [0.05, 0.1) is 29.1 Å². The predicted octanol–water partition coefficient (Wildman–Crippen LogP) is 4.36. The smallest absolute Gasteiger partial charge is 0.280 e. The molecule has 31 heavy (non-hydrogen) atoms. The highest BCUT2D eigenvalue weighted by Gasteiger charge is 2.51. The number of ketones is 1. The molecule has 0 saturated heterocycles. The number of halogens is 1. The highest BCUT2D eigenvalue weighted by Crippen LogP contribution is 2.45. The number of nitro groups is 1. The van der Waals surface area contributed by atoms with Gasteiger partial charge in [-0.1, -0.05) is 58.4 Å². The minimum absolute atomic E-state index is 0.146. The van der Waals surface area contributed by atoms with Crippen LogP contribution in [0, 0.1) is 10.1 Å². The highest BCUT2D eigenvalue weighted by atomic mass is 79.9. The number of hydrogen-bond donors (Lipinski definition) is 1. The third kappa shape index (κ3) is 3.75. The monoisotopic (exact) mass is 480 g/mol. The number of carbonyl (C=O) groups excluding carboxylic acids is 2. The van der Waals surface area contributed by atoms with E-state index in [1.165, 1.54) is 29.2 Å². The van der Waals surface area contributed by atoms with Gasteiger partial charge in [0.25, 0.3) is 11.6 Å². The number of amides is 1. The maximum Gasteiger partial charge on any atom is 0.280 e. The van der Waals surface area contributed by atoms with Crippen molar-refractivity contribution in [3.63, 3.8) is 0 Å². The Morgan fingerprint density at radius 2 is 1.74 bits per heavy atom. The molecule has 0 spiro atoms. The molecule has 1 N–H and O–H groups in total. The minimum Gasteiger partial charge on any atom is -0.375 e. The first-order valence-electron chi connectivity index (χ1n) is 9.46. The second kappa shape index (κ2) is 8.05. The number of para-hydroxylation sites is 1. The van der Waals surface area contributed by atoms with Gasteiger partial charge in [-0.25, -0.2) is 0 Å². The first-order chi connectivity index (χ1) is 14.8. The van der Waals surface area contributed by atoms with E-state index in [0.717, 1.165) is 5.56 Å². The van der Waals surface area contributed by atoms with E-state index < -0.39 is 28.6 Å². The average molecular weight is 481 g/mol. The van der Waals surface area contributed by atoms with Crippen molar-refractivity contribution in [2.24, 2.45) is 0 Å². The third-order valence-electron chi connectivity index (χ3n) is 5.29. The average Bonchev–Trinajstić information content (AvgIpc) is 2.96. The van der Waals surface area contributed by atoms with Crippen LogP contribution < -0.4 is 4.90 Å². The number of anilines is 1. The van der Waals surface area contributed by atoms with Crippen molar-refractivity contribution in [3.05, 3.63) is 104 Å². The number of rotatable bonds is 6. The zero-order valence-corrected chi connectivity index (χ0v) is 17.8. The van der Waals surface area contributed by atoms with Gasteiger partial charge in [-0.3, -0.25) is 19.7 Å². The summed E-state index contributed by atoms with van der Waals surface area (Å²) in [6.07, 6.45) is -0.606. The number of Topliss-reactive ketones (excluding diaryl/α,β-unsaturated/α-hetero) is 1. The van der Waals surface area contributed by atoms with Gasteiger partial charge in [-0.05, 0) is 29.8 Å². The quantitative estimate of drug-likeness (QED) is 0.320. The molecule has 0 fully saturated rings. The number of benzene rings is 3. The van der Waals surface area contributed by atoms with E-state index >= 15 is 0 Å². The molecule has 0 radical (unpaired) electrons. The van der Waals surface area contributed by atoms with Gasteiger partial charge < -0.3 is 10.0 Å². The summed E-state index contributed by atoms with van der Waals surface area (Å²) >= 11 is 3.35. The van der Waals surface area contributed by atoms with Crippen molar-refractivity contribution in [2.75, 3.05) is 4.90 Å². The predicted molar refractivity (Wildman–Crippen MR) is 118 cm³/mol. The molecule has 0 aliphatic carbocycles. The van der Waals surface area contributed by atoms with Gasteiger partial charge in [-0.15, -0.1) is 0 Å². The second-order valence-corrected chi connectivity index (χ2v) is 8.19. The van der Waals surface area contributed by atoms with E-state index in [1.807, 2.05) is 30.3 Å². The fourth-order valence-electron chi connectivity index (χ4n) is 3.81. The number of fused-ring (bicyclic) bond motifs is 1. The van der Waals surface area contributed by atoms with E-state index in [0.29, 0.717) is 10.2 Å². The number of aliphatic hydroxyl groups is 1. The van der Waals surface area contributed by atoms with Gasteiger partial charge in [-0.2, -0.15) is 0 Å².